The summed E-state index contributed by atoms with van der Waals surface area (Å²) in [5.41, 5.74) is 0. The molecule has 13 heavy (non-hydrogen) atoms. The summed E-state index contributed by atoms with van der Waals surface area (Å²) in [7, 11) is 0. The Morgan fingerprint density at radius 3 is 2.62 bits per heavy atom. The third-order valence-electron chi connectivity index (χ3n) is 1.36. The molecule has 0 aliphatic heterocycles. The Kier molecular flexibility index (Phi) is 4.36. The van der Waals surface area contributed by atoms with Crippen molar-refractivity contribution in [2.75, 3.05) is 13.4 Å². The van der Waals surface area contributed by atoms with Crippen molar-refractivity contribution in [1.29, 1.82) is 0 Å². The molecule has 0 radical (unpaired) electrons. The van der Waals surface area contributed by atoms with Gasteiger partial charge in [0.2, 0.25) is 0 Å². The van der Waals surface area contributed by atoms with E-state index in [1.54, 1.807) is 30.3 Å². The van der Waals surface area contributed by atoms with Crippen LogP contribution in [0.5, 0.6) is 5.75 Å². The summed E-state index contributed by atoms with van der Waals surface area (Å²) in [4.78, 5) is 0. The van der Waals surface area contributed by atoms with Gasteiger partial charge in [0.25, 0.3) is 0 Å². The van der Waals surface area contributed by atoms with Crippen LogP contribution in [0.15, 0.2) is 36.9 Å². The van der Waals surface area contributed by atoms with Gasteiger partial charge in [-0.3, -0.25) is 0 Å². The fourth-order valence-corrected chi connectivity index (χ4v) is 0.898. The molecule has 0 aliphatic carbocycles. The lowest BCUT2D eigenvalue weighted by atomic mass is 10.3. The number of hydrogen-bond acceptors (Lipinski definition) is 2. The Labute approximate surface area is 82.7 Å². The van der Waals surface area contributed by atoms with Gasteiger partial charge in [0.05, 0.1) is 6.61 Å². The number of rotatable bonds is 5. The van der Waals surface area contributed by atoms with E-state index < -0.39 is 0 Å². The number of halogens is 1. The molecule has 70 valence electrons. The Balaban J connectivity index is 2.28. The van der Waals surface area contributed by atoms with Crippen LogP contribution in [0.3, 0.4) is 0 Å². The highest BCUT2D eigenvalue weighted by Crippen LogP contribution is 2.15. The molecule has 0 fully saturated rings. The fourth-order valence-electron chi connectivity index (χ4n) is 0.772. The molecule has 0 amide bonds. The highest BCUT2D eigenvalue weighted by molar-refractivity contribution is 6.30. The van der Waals surface area contributed by atoms with Crippen molar-refractivity contribution in [2.24, 2.45) is 0 Å². The molecule has 0 N–H and O–H groups in total. The zero-order chi connectivity index (χ0) is 9.52. The maximum Gasteiger partial charge on any atom is 0.189 e. The highest BCUT2D eigenvalue weighted by atomic mass is 35.5. The van der Waals surface area contributed by atoms with E-state index in [9.17, 15) is 0 Å². The van der Waals surface area contributed by atoms with Crippen molar-refractivity contribution >= 4 is 11.6 Å². The molecule has 1 rings (SSSR count). The maximum atomic E-state index is 5.70. The van der Waals surface area contributed by atoms with E-state index in [-0.39, 0.29) is 6.79 Å². The smallest absolute Gasteiger partial charge is 0.189 e. The van der Waals surface area contributed by atoms with E-state index >= 15 is 0 Å². The van der Waals surface area contributed by atoms with Crippen molar-refractivity contribution in [2.45, 2.75) is 0 Å². The Morgan fingerprint density at radius 1 is 1.31 bits per heavy atom. The monoisotopic (exact) mass is 198 g/mol. The predicted octanol–water partition coefficient (Wildman–Crippen LogP) is 2.88. The van der Waals surface area contributed by atoms with Crippen LogP contribution in [0, 0.1) is 0 Å². The number of ether oxygens (including phenoxy) is 2. The molecule has 0 aromatic heterocycles. The summed E-state index contributed by atoms with van der Waals surface area (Å²) < 4.78 is 10.3. The molecule has 0 spiro atoms. The molecule has 2 nitrogen and oxygen atoms in total. The zero-order valence-corrected chi connectivity index (χ0v) is 7.96. The molecule has 0 saturated carbocycles. The van der Waals surface area contributed by atoms with E-state index in [0.717, 1.165) is 5.75 Å². The lowest BCUT2D eigenvalue weighted by Gasteiger charge is -2.04. The van der Waals surface area contributed by atoms with E-state index in [4.69, 9.17) is 21.1 Å². The lowest BCUT2D eigenvalue weighted by Crippen LogP contribution is -2.02. The quantitative estimate of drug-likeness (QED) is 0.412. The van der Waals surface area contributed by atoms with Crippen LogP contribution in [0.2, 0.25) is 5.02 Å². The van der Waals surface area contributed by atoms with Crippen LogP contribution < -0.4 is 4.74 Å². The molecule has 0 heterocycles. The van der Waals surface area contributed by atoms with Gasteiger partial charge in [0.1, 0.15) is 5.75 Å². The van der Waals surface area contributed by atoms with Crippen molar-refractivity contribution in [3.63, 3.8) is 0 Å². The number of hydrogen-bond donors (Lipinski definition) is 0. The van der Waals surface area contributed by atoms with Crippen LogP contribution >= 0.6 is 11.6 Å². The summed E-state index contributed by atoms with van der Waals surface area (Å²) in [6.45, 7) is 4.24. The molecule has 0 atom stereocenters. The lowest BCUT2D eigenvalue weighted by molar-refractivity contribution is 0.0307. The van der Waals surface area contributed by atoms with Crippen LogP contribution in [0.4, 0.5) is 0 Å². The standard InChI is InChI=1S/C10H11ClO2/c1-2-7-12-8-13-10-5-3-9(11)4-6-10/h2-6H,1,7-8H2. The van der Waals surface area contributed by atoms with Gasteiger partial charge in [-0.25, -0.2) is 0 Å². The van der Waals surface area contributed by atoms with Crippen LogP contribution in [-0.4, -0.2) is 13.4 Å². The highest BCUT2D eigenvalue weighted by Gasteiger charge is 1.92. The molecule has 0 unspecified atom stereocenters. The minimum absolute atomic E-state index is 0.230. The van der Waals surface area contributed by atoms with Crippen LogP contribution in [-0.2, 0) is 4.74 Å². The average molecular weight is 199 g/mol. The molecule has 0 saturated heterocycles. The Hall–Kier alpha value is -0.990. The molecule has 0 bridgehead atoms. The molecule has 0 aliphatic rings. The van der Waals surface area contributed by atoms with E-state index in [1.165, 1.54) is 0 Å². The van der Waals surface area contributed by atoms with E-state index in [0.29, 0.717) is 11.6 Å². The molecule has 3 heteroatoms. The summed E-state index contributed by atoms with van der Waals surface area (Å²) >= 11 is 5.70. The van der Waals surface area contributed by atoms with Crippen LogP contribution in [0.25, 0.3) is 0 Å². The Bertz CT molecular complexity index is 256. The summed E-state index contributed by atoms with van der Waals surface area (Å²) in [5.74, 6) is 0.744. The second-order valence-electron chi connectivity index (χ2n) is 2.38. The molecular weight excluding hydrogens is 188 g/mol. The van der Waals surface area contributed by atoms with Gasteiger partial charge in [0, 0.05) is 5.02 Å². The minimum Gasteiger partial charge on any atom is -0.468 e. The maximum absolute atomic E-state index is 5.70. The Morgan fingerprint density at radius 2 is 2.00 bits per heavy atom. The summed E-state index contributed by atoms with van der Waals surface area (Å²) in [6, 6.07) is 7.12. The third-order valence-corrected chi connectivity index (χ3v) is 1.61. The first-order valence-electron chi connectivity index (χ1n) is 3.90. The van der Waals surface area contributed by atoms with Gasteiger partial charge in [-0.2, -0.15) is 0 Å². The van der Waals surface area contributed by atoms with Crippen molar-refractivity contribution < 1.29 is 9.47 Å². The largest absolute Gasteiger partial charge is 0.468 e. The first-order chi connectivity index (χ1) is 6.33. The van der Waals surface area contributed by atoms with Gasteiger partial charge in [0.15, 0.2) is 6.79 Å². The third kappa shape index (κ3) is 3.97. The van der Waals surface area contributed by atoms with E-state index in [1.807, 2.05) is 0 Å². The van der Waals surface area contributed by atoms with Gasteiger partial charge in [-0.05, 0) is 24.3 Å². The first kappa shape index (κ1) is 10.1. The van der Waals surface area contributed by atoms with Gasteiger partial charge in [-0.1, -0.05) is 17.7 Å². The van der Waals surface area contributed by atoms with Crippen molar-refractivity contribution in [3.8, 4) is 5.75 Å². The van der Waals surface area contributed by atoms with Gasteiger partial charge in [-0.15, -0.1) is 6.58 Å². The SMILES string of the molecule is C=CCOCOc1ccc(Cl)cc1. The molecular formula is C10H11ClO2. The average Bonchev–Trinajstić information content (AvgIpc) is 2.15. The summed E-state index contributed by atoms with van der Waals surface area (Å²) in [5, 5.41) is 0.694. The number of benzene rings is 1. The predicted molar refractivity (Wildman–Crippen MR) is 53.1 cm³/mol. The second kappa shape index (κ2) is 5.62. The van der Waals surface area contributed by atoms with Gasteiger partial charge >= 0.3 is 0 Å². The second-order valence-corrected chi connectivity index (χ2v) is 2.81. The molecule has 1 aromatic rings. The zero-order valence-electron chi connectivity index (χ0n) is 7.20. The molecule has 1 aromatic carbocycles. The van der Waals surface area contributed by atoms with Crippen molar-refractivity contribution in [1.82, 2.24) is 0 Å². The van der Waals surface area contributed by atoms with E-state index in [2.05, 4.69) is 6.58 Å². The van der Waals surface area contributed by atoms with Gasteiger partial charge < -0.3 is 9.47 Å². The van der Waals surface area contributed by atoms with Crippen LogP contribution in [0.1, 0.15) is 0 Å². The topological polar surface area (TPSA) is 18.5 Å². The summed E-state index contributed by atoms with van der Waals surface area (Å²) in [6.07, 6.45) is 1.67. The normalized spacial score (nSPS) is 9.62. The minimum atomic E-state index is 0.230. The first-order valence-corrected chi connectivity index (χ1v) is 4.27. The fraction of sp³-hybridized carbons (Fsp3) is 0.200. The van der Waals surface area contributed by atoms with Crippen molar-refractivity contribution in [3.05, 3.63) is 41.9 Å².